The molecule has 0 saturated carbocycles. The lowest BCUT2D eigenvalue weighted by Gasteiger charge is -2.32. The van der Waals surface area contributed by atoms with Crippen LogP contribution in [0.15, 0.2) is 16.9 Å². The van der Waals surface area contributed by atoms with Crippen LogP contribution in [0, 0.1) is 5.82 Å². The minimum absolute atomic E-state index is 0.00130. The lowest BCUT2D eigenvalue weighted by molar-refractivity contribution is -0.0186. The number of imide groups is 1. The molecule has 0 atom stereocenters. The van der Waals surface area contributed by atoms with Crippen molar-refractivity contribution in [2.24, 2.45) is 0 Å². The molecule has 3 amide bonds. The number of pyridine rings is 1. The molecule has 0 aliphatic rings. The fourth-order valence-corrected chi connectivity index (χ4v) is 2.95. The van der Waals surface area contributed by atoms with Crippen molar-refractivity contribution in [1.29, 1.82) is 0 Å². The molecule has 0 radical (unpaired) electrons. The maximum absolute atomic E-state index is 13.9. The second-order valence-electron chi connectivity index (χ2n) is 9.86. The van der Waals surface area contributed by atoms with E-state index in [9.17, 15) is 18.8 Å². The van der Waals surface area contributed by atoms with E-state index in [0.29, 0.717) is 23.0 Å². The predicted octanol–water partition coefficient (Wildman–Crippen LogP) is 5.55. The number of carbonyl (C=O) groups is 3. The van der Waals surface area contributed by atoms with Gasteiger partial charge in [-0.2, -0.15) is 0 Å². The Morgan fingerprint density at radius 3 is 2.06 bits per heavy atom. The van der Waals surface area contributed by atoms with Crippen LogP contribution in [0.1, 0.15) is 66.9 Å². The SMILES string of the molecule is CN(Cc1cc(Br)ncc1F)C(=O)OC(C)(C)CCC(C)(C)OC(=O)NC(=O)OC(C)(C)C. The molecule has 186 valence electrons. The highest BCUT2D eigenvalue weighted by molar-refractivity contribution is 9.10. The van der Waals surface area contributed by atoms with Crippen molar-refractivity contribution in [3.05, 3.63) is 28.2 Å². The topological polar surface area (TPSA) is 107 Å². The summed E-state index contributed by atoms with van der Waals surface area (Å²) in [5, 5.41) is 2.02. The van der Waals surface area contributed by atoms with Gasteiger partial charge >= 0.3 is 18.3 Å². The number of hydrogen-bond acceptors (Lipinski definition) is 7. The Bertz CT molecular complexity index is 870. The van der Waals surface area contributed by atoms with Gasteiger partial charge in [0, 0.05) is 12.6 Å². The van der Waals surface area contributed by atoms with Crippen molar-refractivity contribution in [2.45, 2.75) is 84.7 Å². The van der Waals surface area contributed by atoms with Crippen LogP contribution in [0.2, 0.25) is 0 Å². The van der Waals surface area contributed by atoms with Gasteiger partial charge in [-0.25, -0.2) is 29.1 Å². The van der Waals surface area contributed by atoms with Gasteiger partial charge in [0.15, 0.2) is 0 Å². The minimum Gasteiger partial charge on any atom is -0.443 e. The van der Waals surface area contributed by atoms with Gasteiger partial charge < -0.3 is 19.1 Å². The number of alkyl carbamates (subject to hydrolysis) is 2. The quantitative estimate of drug-likeness (QED) is 0.361. The van der Waals surface area contributed by atoms with Crippen LogP contribution in [0.4, 0.5) is 18.8 Å². The van der Waals surface area contributed by atoms with Crippen molar-refractivity contribution < 1.29 is 33.0 Å². The third-order valence-electron chi connectivity index (χ3n) is 4.29. The fourth-order valence-electron chi connectivity index (χ4n) is 2.57. The lowest BCUT2D eigenvalue weighted by Crippen LogP contribution is -2.42. The molecule has 0 unspecified atom stereocenters. The minimum atomic E-state index is -0.950. The van der Waals surface area contributed by atoms with Gasteiger partial charge in [0.05, 0.1) is 12.7 Å². The Hall–Kier alpha value is -2.43. The molecule has 1 heterocycles. The summed E-state index contributed by atoms with van der Waals surface area (Å²) >= 11 is 3.18. The summed E-state index contributed by atoms with van der Waals surface area (Å²) in [7, 11) is 1.50. The molecule has 0 aromatic carbocycles. The summed E-state index contributed by atoms with van der Waals surface area (Å²) in [5.41, 5.74) is -2.31. The van der Waals surface area contributed by atoms with E-state index in [2.05, 4.69) is 20.9 Å². The first-order valence-electron chi connectivity index (χ1n) is 10.4. The molecule has 0 aliphatic carbocycles. The van der Waals surface area contributed by atoms with Crippen LogP contribution >= 0.6 is 15.9 Å². The molecule has 0 fully saturated rings. The van der Waals surface area contributed by atoms with Gasteiger partial charge in [0.25, 0.3) is 0 Å². The highest BCUT2D eigenvalue weighted by Gasteiger charge is 2.31. The monoisotopic (exact) mass is 533 g/mol. The zero-order valence-electron chi connectivity index (χ0n) is 20.4. The number of nitrogens with zero attached hydrogens (tertiary/aromatic N) is 2. The van der Waals surface area contributed by atoms with Gasteiger partial charge in [-0.05, 0) is 83.3 Å². The molecule has 33 heavy (non-hydrogen) atoms. The lowest BCUT2D eigenvalue weighted by atomic mass is 9.94. The number of amides is 3. The Labute approximate surface area is 202 Å². The molecule has 1 rings (SSSR count). The molecule has 0 spiro atoms. The van der Waals surface area contributed by atoms with Gasteiger partial charge in [-0.15, -0.1) is 0 Å². The van der Waals surface area contributed by atoms with E-state index in [1.54, 1.807) is 48.5 Å². The first-order valence-corrected chi connectivity index (χ1v) is 11.2. The Balaban J connectivity index is 2.58. The summed E-state index contributed by atoms with van der Waals surface area (Å²) in [6.07, 6.45) is -0.704. The fraction of sp³-hybridized carbons (Fsp3) is 0.636. The molecule has 9 nitrogen and oxygen atoms in total. The van der Waals surface area contributed by atoms with E-state index in [0.717, 1.165) is 6.20 Å². The van der Waals surface area contributed by atoms with Crippen LogP contribution in [0.25, 0.3) is 0 Å². The van der Waals surface area contributed by atoms with Gasteiger partial charge in [0.2, 0.25) is 0 Å². The molecule has 11 heteroatoms. The summed E-state index contributed by atoms with van der Waals surface area (Å²) in [5.74, 6) is -0.527. The van der Waals surface area contributed by atoms with E-state index in [-0.39, 0.29) is 6.54 Å². The number of halogens is 2. The maximum atomic E-state index is 13.9. The zero-order chi connectivity index (χ0) is 25.6. The highest BCUT2D eigenvalue weighted by atomic mass is 79.9. The van der Waals surface area contributed by atoms with E-state index in [1.807, 2.05) is 5.32 Å². The van der Waals surface area contributed by atoms with Crippen molar-refractivity contribution in [3.8, 4) is 0 Å². The molecule has 0 bridgehead atoms. The average molecular weight is 534 g/mol. The smallest absolute Gasteiger partial charge is 0.417 e. The summed E-state index contributed by atoms with van der Waals surface area (Å²) in [6, 6.07) is 1.49. The van der Waals surface area contributed by atoms with Crippen LogP contribution in [0.3, 0.4) is 0 Å². The first-order chi connectivity index (χ1) is 14.9. The Kier molecular flexibility index (Phi) is 9.65. The van der Waals surface area contributed by atoms with Gasteiger partial charge in [-0.1, -0.05) is 0 Å². The number of hydrogen-bond donors (Lipinski definition) is 1. The van der Waals surface area contributed by atoms with Crippen LogP contribution in [-0.2, 0) is 20.8 Å². The van der Waals surface area contributed by atoms with Crippen LogP contribution in [-0.4, -0.2) is 52.0 Å². The van der Waals surface area contributed by atoms with Crippen molar-refractivity contribution >= 4 is 34.2 Å². The van der Waals surface area contributed by atoms with Gasteiger partial charge in [-0.3, -0.25) is 0 Å². The largest absolute Gasteiger partial charge is 0.443 e. The predicted molar refractivity (Wildman–Crippen MR) is 123 cm³/mol. The second-order valence-corrected chi connectivity index (χ2v) is 10.7. The summed E-state index contributed by atoms with van der Waals surface area (Å²) in [4.78, 5) is 41.3. The normalized spacial score (nSPS) is 12.1. The molecular weight excluding hydrogens is 501 g/mol. The molecule has 1 aromatic heterocycles. The van der Waals surface area contributed by atoms with Crippen molar-refractivity contribution in [2.75, 3.05) is 7.05 Å². The van der Waals surface area contributed by atoms with Gasteiger partial charge in [0.1, 0.15) is 27.2 Å². The molecule has 1 aromatic rings. The van der Waals surface area contributed by atoms with Crippen LogP contribution < -0.4 is 5.32 Å². The molecule has 0 aliphatic heterocycles. The van der Waals surface area contributed by atoms with E-state index < -0.39 is 40.9 Å². The number of aromatic nitrogens is 1. The highest BCUT2D eigenvalue weighted by Crippen LogP contribution is 2.26. The molecule has 0 saturated heterocycles. The first kappa shape index (κ1) is 28.6. The maximum Gasteiger partial charge on any atom is 0.417 e. The van der Waals surface area contributed by atoms with E-state index in [4.69, 9.17) is 14.2 Å². The standard InChI is InChI=1S/C22H33BrFN3O6/c1-20(2,3)31-17(28)26-18(29)32-21(4,5)9-10-22(6,7)33-19(30)27(8)13-14-11-16(23)25-12-15(14)24/h11-12H,9-10,13H2,1-8H3,(H,26,28,29). The Morgan fingerprint density at radius 1 is 1.00 bits per heavy atom. The van der Waals surface area contributed by atoms with E-state index in [1.165, 1.54) is 18.0 Å². The molecule has 1 N–H and O–H groups in total. The Morgan fingerprint density at radius 2 is 1.52 bits per heavy atom. The number of ether oxygens (including phenoxy) is 3. The van der Waals surface area contributed by atoms with Crippen LogP contribution in [0.5, 0.6) is 0 Å². The second kappa shape index (κ2) is 11.1. The number of rotatable bonds is 7. The molecular formula is C22H33BrFN3O6. The number of nitrogens with one attached hydrogen (secondary N) is 1. The average Bonchev–Trinajstić information content (AvgIpc) is 2.60. The third kappa shape index (κ3) is 11.3. The third-order valence-corrected chi connectivity index (χ3v) is 4.72. The summed E-state index contributed by atoms with van der Waals surface area (Å²) in [6.45, 7) is 11.8. The number of carbonyl (C=O) groups excluding carboxylic acids is 3. The van der Waals surface area contributed by atoms with Crippen molar-refractivity contribution in [3.63, 3.8) is 0 Å². The van der Waals surface area contributed by atoms with E-state index >= 15 is 0 Å². The summed E-state index contributed by atoms with van der Waals surface area (Å²) < 4.78 is 30.3. The van der Waals surface area contributed by atoms with Crippen molar-refractivity contribution in [1.82, 2.24) is 15.2 Å². The zero-order valence-corrected chi connectivity index (χ0v) is 22.0.